The van der Waals surface area contributed by atoms with Crippen LogP contribution >= 0.6 is 0 Å². The number of aliphatic imine (C=N–C) groups is 2. The summed E-state index contributed by atoms with van der Waals surface area (Å²) in [6.45, 7) is 0.297. The van der Waals surface area contributed by atoms with Crippen LogP contribution in [0.3, 0.4) is 0 Å². The highest BCUT2D eigenvalue weighted by Crippen LogP contribution is 2.06. The fraction of sp³-hybridized carbons (Fsp3) is 0.667. The Labute approximate surface area is 288 Å². The maximum absolute atomic E-state index is 12.9. The molecule has 0 spiro atoms. The van der Waals surface area contributed by atoms with Crippen molar-refractivity contribution in [2.75, 3.05) is 39.4 Å². The van der Waals surface area contributed by atoms with Crippen molar-refractivity contribution < 1.29 is 48.9 Å². The molecule has 0 unspecified atom stereocenters. The molecule has 284 valence electrons. The van der Waals surface area contributed by atoms with Crippen LogP contribution in [-0.2, 0) is 33.6 Å². The van der Waals surface area contributed by atoms with Crippen molar-refractivity contribution in [3.8, 4) is 0 Å². The summed E-state index contributed by atoms with van der Waals surface area (Å²) in [5.41, 5.74) is 26.8. The zero-order chi connectivity index (χ0) is 38.4. The van der Waals surface area contributed by atoms with E-state index in [2.05, 4.69) is 41.9 Å². The van der Waals surface area contributed by atoms with Gasteiger partial charge in [-0.1, -0.05) is 13.8 Å². The van der Waals surface area contributed by atoms with Gasteiger partial charge in [-0.25, -0.2) is 4.79 Å². The lowest BCUT2D eigenvalue weighted by Crippen LogP contribution is -2.58. The Kier molecular flexibility index (Phi) is 21.4. The van der Waals surface area contributed by atoms with E-state index in [9.17, 15) is 48.9 Å². The Hall–Kier alpha value is -5.29. The molecule has 0 aliphatic rings. The Morgan fingerprint density at radius 1 is 0.620 bits per heavy atom. The van der Waals surface area contributed by atoms with Gasteiger partial charge >= 0.3 is 5.97 Å². The van der Waals surface area contributed by atoms with Crippen molar-refractivity contribution in [3.63, 3.8) is 0 Å². The van der Waals surface area contributed by atoms with Crippen molar-refractivity contribution in [1.82, 2.24) is 31.9 Å². The molecule has 0 bridgehead atoms. The van der Waals surface area contributed by atoms with Gasteiger partial charge in [0.25, 0.3) is 0 Å². The average molecular weight is 718 g/mol. The number of aliphatic hydroxyl groups excluding tert-OH is 2. The number of carbonyl (C=O) groups is 7. The number of nitrogens with two attached hydrogens (primary N) is 5. The maximum Gasteiger partial charge on any atom is 0.326 e. The Morgan fingerprint density at radius 3 is 1.50 bits per heavy atom. The molecule has 0 rings (SSSR count). The smallest absolute Gasteiger partial charge is 0.326 e. The van der Waals surface area contributed by atoms with E-state index in [-0.39, 0.29) is 44.3 Å². The third-order valence-corrected chi connectivity index (χ3v) is 6.63. The van der Waals surface area contributed by atoms with Gasteiger partial charge < -0.3 is 75.9 Å². The van der Waals surface area contributed by atoms with Gasteiger partial charge in [0.15, 0.2) is 11.9 Å². The highest BCUT2D eigenvalue weighted by molar-refractivity contribution is 5.95. The lowest BCUT2D eigenvalue weighted by molar-refractivity contribution is -0.143. The minimum absolute atomic E-state index is 0.0492. The highest BCUT2D eigenvalue weighted by Gasteiger charge is 2.30. The summed E-state index contributed by atoms with van der Waals surface area (Å²) in [5.74, 6) is -7.48. The molecule has 23 heteroatoms. The fourth-order valence-corrected chi connectivity index (χ4v) is 3.93. The van der Waals surface area contributed by atoms with Gasteiger partial charge in [0, 0.05) is 13.1 Å². The van der Waals surface area contributed by atoms with Gasteiger partial charge in [-0.2, -0.15) is 0 Å². The topological polar surface area (TPSA) is 407 Å². The number of hydrogen-bond donors (Lipinski definition) is 14. The summed E-state index contributed by atoms with van der Waals surface area (Å²) >= 11 is 0. The van der Waals surface area contributed by atoms with Crippen LogP contribution in [0, 0.1) is 5.92 Å². The second kappa shape index (κ2) is 23.9. The summed E-state index contributed by atoms with van der Waals surface area (Å²) in [5, 5.41) is 42.2. The lowest BCUT2D eigenvalue weighted by atomic mass is 10.0. The van der Waals surface area contributed by atoms with Crippen LogP contribution in [0.2, 0.25) is 0 Å². The van der Waals surface area contributed by atoms with Crippen LogP contribution in [0.4, 0.5) is 0 Å². The molecule has 0 aromatic rings. The van der Waals surface area contributed by atoms with E-state index in [1.165, 1.54) is 0 Å². The molecule has 0 saturated heterocycles. The molecular weight excluding hydrogens is 666 g/mol. The first-order valence-corrected chi connectivity index (χ1v) is 15.5. The molecular formula is C27H51N13O10. The first-order valence-electron chi connectivity index (χ1n) is 15.5. The van der Waals surface area contributed by atoms with Crippen LogP contribution in [0.1, 0.15) is 39.5 Å². The van der Waals surface area contributed by atoms with Gasteiger partial charge in [-0.15, -0.1) is 0 Å². The number of guanidine groups is 2. The number of aliphatic carboxylic acids is 1. The number of nitrogens with one attached hydrogen (secondary N) is 6. The molecule has 5 atom stereocenters. The summed E-state index contributed by atoms with van der Waals surface area (Å²) in [4.78, 5) is 94.2. The van der Waals surface area contributed by atoms with Crippen molar-refractivity contribution in [2.24, 2.45) is 44.6 Å². The predicted molar refractivity (Wildman–Crippen MR) is 178 cm³/mol. The number of hydrogen-bond acceptors (Lipinski definition) is 12. The molecule has 0 fully saturated rings. The molecule has 0 aromatic carbocycles. The molecule has 0 aliphatic carbocycles. The molecule has 50 heavy (non-hydrogen) atoms. The molecule has 23 nitrogen and oxygen atoms in total. The quantitative estimate of drug-likeness (QED) is 0.0250. The Balaban J connectivity index is 5.12. The van der Waals surface area contributed by atoms with Gasteiger partial charge in [0.2, 0.25) is 35.4 Å². The van der Waals surface area contributed by atoms with Crippen LogP contribution in [-0.4, -0.2) is 138 Å². The van der Waals surface area contributed by atoms with Crippen LogP contribution in [0.25, 0.3) is 0 Å². The number of nitrogens with zero attached hydrogens (tertiary/aromatic N) is 2. The largest absolute Gasteiger partial charge is 0.480 e. The number of carboxylic acids is 1. The SMILES string of the molecule is CC(C)[C@H](NC(=O)[C@H](CCCN=C(N)N)NC(=O)[C@H](CO)NC(=O)CNC(=O)[C@H](CO)NC(=O)CNC(=O)[C@@H](N)CCCN=C(N)N)C(=O)O. The van der Waals surface area contributed by atoms with Crippen molar-refractivity contribution in [3.05, 3.63) is 0 Å². The minimum Gasteiger partial charge on any atom is -0.480 e. The van der Waals surface area contributed by atoms with E-state index in [4.69, 9.17) is 28.7 Å². The second-order valence-electron chi connectivity index (χ2n) is 11.2. The lowest BCUT2D eigenvalue weighted by Gasteiger charge is -2.25. The van der Waals surface area contributed by atoms with Crippen LogP contribution in [0.5, 0.6) is 0 Å². The summed E-state index contributed by atoms with van der Waals surface area (Å²) in [6.07, 6.45) is 0.749. The maximum atomic E-state index is 12.9. The molecule has 0 aromatic heterocycles. The minimum atomic E-state index is -1.61. The molecule has 0 radical (unpaired) electrons. The van der Waals surface area contributed by atoms with E-state index in [1.54, 1.807) is 13.8 Å². The van der Waals surface area contributed by atoms with E-state index in [0.717, 1.165) is 0 Å². The third kappa shape index (κ3) is 18.9. The van der Waals surface area contributed by atoms with Crippen molar-refractivity contribution in [1.29, 1.82) is 0 Å². The number of amides is 6. The number of carboxylic acid groups (broad SMARTS) is 1. The van der Waals surface area contributed by atoms with Gasteiger partial charge in [-0.3, -0.25) is 38.8 Å². The summed E-state index contributed by atoms with van der Waals surface area (Å²) in [6, 6.07) is -6.70. The monoisotopic (exact) mass is 717 g/mol. The Bertz CT molecular complexity index is 1220. The summed E-state index contributed by atoms with van der Waals surface area (Å²) < 4.78 is 0. The molecule has 0 saturated carbocycles. The second-order valence-corrected chi connectivity index (χ2v) is 11.2. The number of rotatable bonds is 24. The van der Waals surface area contributed by atoms with E-state index in [0.29, 0.717) is 6.42 Å². The molecule has 6 amide bonds. The zero-order valence-corrected chi connectivity index (χ0v) is 28.0. The first kappa shape index (κ1) is 44.7. The Morgan fingerprint density at radius 2 is 1.06 bits per heavy atom. The number of aliphatic hydroxyl groups is 2. The third-order valence-electron chi connectivity index (χ3n) is 6.63. The van der Waals surface area contributed by atoms with E-state index >= 15 is 0 Å². The van der Waals surface area contributed by atoms with Crippen molar-refractivity contribution >= 4 is 53.3 Å². The van der Waals surface area contributed by atoms with Gasteiger partial charge in [0.05, 0.1) is 32.3 Å². The molecule has 0 heterocycles. The van der Waals surface area contributed by atoms with Crippen molar-refractivity contribution in [2.45, 2.75) is 69.7 Å². The predicted octanol–water partition coefficient (Wildman–Crippen LogP) is -7.68. The molecule has 0 aliphatic heterocycles. The van der Waals surface area contributed by atoms with Crippen LogP contribution in [0.15, 0.2) is 9.98 Å². The highest BCUT2D eigenvalue weighted by atomic mass is 16.4. The average Bonchev–Trinajstić information content (AvgIpc) is 3.04. The number of carbonyl (C=O) groups excluding carboxylic acids is 6. The summed E-state index contributed by atoms with van der Waals surface area (Å²) in [7, 11) is 0. The standard InChI is InChI=1S/C27H51N13O10/c1-13(2)20(25(49)50)40-23(47)15(6-4-8-34-27(31)32)39-24(48)17(12-42)38-19(44)10-36-22(46)16(11-41)37-18(43)9-35-21(45)14(28)5-3-7-33-26(29)30/h13-17,20,41-42H,3-12,28H2,1-2H3,(H,35,45)(H,36,46)(H,37,43)(H,38,44)(H,39,48)(H,40,47)(H,49,50)(H4,29,30,33)(H4,31,32,34)/t14-,15-,16-,17-,20-/m0/s1. The fourth-order valence-electron chi connectivity index (χ4n) is 3.93. The van der Waals surface area contributed by atoms with Gasteiger partial charge in [0.1, 0.15) is 24.2 Å². The molecule has 19 N–H and O–H groups in total. The zero-order valence-electron chi connectivity index (χ0n) is 28.0. The normalized spacial score (nSPS) is 13.6. The van der Waals surface area contributed by atoms with E-state index in [1.807, 2.05) is 0 Å². The first-order chi connectivity index (χ1) is 23.4. The van der Waals surface area contributed by atoms with Crippen LogP contribution < -0.4 is 60.6 Å². The van der Waals surface area contributed by atoms with Gasteiger partial charge in [-0.05, 0) is 31.6 Å². The van der Waals surface area contributed by atoms with E-state index < -0.39 is 104 Å².